The van der Waals surface area contributed by atoms with Gasteiger partial charge < -0.3 is 15.6 Å². The number of aromatic amines is 1. The smallest absolute Gasteiger partial charge is 0.254 e. The lowest BCUT2D eigenvalue weighted by Crippen LogP contribution is -2.34. The number of amides is 2. The lowest BCUT2D eigenvalue weighted by molar-refractivity contribution is 0.0927. The Balaban J connectivity index is 1.82. The van der Waals surface area contributed by atoms with Crippen molar-refractivity contribution in [3.8, 4) is 0 Å². The number of carbonyl (C=O) groups excluding carboxylic acids is 2. The molecule has 3 N–H and O–H groups in total. The molecular formula is C16H16FN3O2S. The predicted molar refractivity (Wildman–Crippen MR) is 87.4 cm³/mol. The Bertz CT molecular complexity index is 789. The van der Waals surface area contributed by atoms with Gasteiger partial charge in [-0.1, -0.05) is 18.3 Å². The van der Waals surface area contributed by atoms with E-state index in [0.717, 1.165) is 0 Å². The van der Waals surface area contributed by atoms with Gasteiger partial charge in [-0.2, -0.15) is 0 Å². The second kappa shape index (κ2) is 7.64. The minimum atomic E-state index is -0.427. The van der Waals surface area contributed by atoms with Crippen molar-refractivity contribution in [1.29, 1.82) is 0 Å². The highest BCUT2D eigenvalue weighted by atomic mass is 32.1. The zero-order chi connectivity index (χ0) is 16.8. The quantitative estimate of drug-likeness (QED) is 0.581. The maximum atomic E-state index is 13.4. The SMILES string of the molecule is Cc1ccc(C(=O)NCCNC(=O)c2ccc[nH]c2=S)cc1F. The number of rotatable bonds is 5. The molecule has 0 fully saturated rings. The summed E-state index contributed by atoms with van der Waals surface area (Å²) in [4.78, 5) is 26.5. The van der Waals surface area contributed by atoms with E-state index in [1.165, 1.54) is 6.07 Å². The summed E-state index contributed by atoms with van der Waals surface area (Å²) >= 11 is 5.01. The third-order valence-corrected chi connectivity index (χ3v) is 3.53. The van der Waals surface area contributed by atoms with Crippen LogP contribution in [0.3, 0.4) is 0 Å². The van der Waals surface area contributed by atoms with Crippen LogP contribution in [-0.2, 0) is 0 Å². The molecule has 0 spiro atoms. The number of halogens is 1. The molecule has 0 radical (unpaired) electrons. The fraction of sp³-hybridized carbons (Fsp3) is 0.188. The molecule has 0 aliphatic rings. The number of nitrogens with one attached hydrogen (secondary N) is 3. The number of carbonyl (C=O) groups is 2. The Morgan fingerprint density at radius 3 is 2.52 bits per heavy atom. The standard InChI is InChI=1S/C16H16FN3O2S/c1-10-4-5-11(9-13(10)17)14(21)18-7-8-19-15(22)12-3-2-6-20-16(12)23/h2-6,9H,7-8H2,1H3,(H,18,21)(H,19,22)(H,20,23). The first-order chi connectivity index (χ1) is 11.0. The first-order valence-corrected chi connectivity index (χ1v) is 7.40. The van der Waals surface area contributed by atoms with Crippen molar-refractivity contribution in [2.45, 2.75) is 6.92 Å². The molecule has 2 rings (SSSR count). The number of H-pyrrole nitrogens is 1. The van der Waals surface area contributed by atoms with Gasteiger partial charge in [0.05, 0.1) is 5.56 Å². The normalized spacial score (nSPS) is 10.2. The van der Waals surface area contributed by atoms with Crippen molar-refractivity contribution < 1.29 is 14.0 Å². The summed E-state index contributed by atoms with van der Waals surface area (Å²) < 4.78 is 13.8. The van der Waals surface area contributed by atoms with Crippen LogP contribution in [0.2, 0.25) is 0 Å². The van der Waals surface area contributed by atoms with Crippen LogP contribution in [0, 0.1) is 17.4 Å². The summed E-state index contributed by atoms with van der Waals surface area (Å²) in [6.45, 7) is 2.09. The van der Waals surface area contributed by atoms with E-state index in [4.69, 9.17) is 12.2 Å². The summed E-state index contributed by atoms with van der Waals surface area (Å²) in [6.07, 6.45) is 1.64. The highest BCUT2D eigenvalue weighted by molar-refractivity contribution is 7.71. The van der Waals surface area contributed by atoms with Crippen LogP contribution in [0.15, 0.2) is 36.5 Å². The zero-order valence-electron chi connectivity index (χ0n) is 12.5. The number of pyridine rings is 1. The van der Waals surface area contributed by atoms with Crippen LogP contribution in [0.1, 0.15) is 26.3 Å². The Hall–Kier alpha value is -2.54. The second-order valence-corrected chi connectivity index (χ2v) is 5.30. The van der Waals surface area contributed by atoms with E-state index >= 15 is 0 Å². The third-order valence-electron chi connectivity index (χ3n) is 3.19. The molecule has 2 aromatic rings. The van der Waals surface area contributed by atoms with Gasteiger partial charge in [-0.15, -0.1) is 0 Å². The van der Waals surface area contributed by atoms with Crippen LogP contribution in [0.4, 0.5) is 4.39 Å². The summed E-state index contributed by atoms with van der Waals surface area (Å²) in [5, 5.41) is 5.27. The van der Waals surface area contributed by atoms with Crippen molar-refractivity contribution in [3.63, 3.8) is 0 Å². The lowest BCUT2D eigenvalue weighted by atomic mass is 10.1. The molecule has 0 aliphatic heterocycles. The average molecular weight is 333 g/mol. The van der Waals surface area contributed by atoms with Crippen molar-refractivity contribution in [2.75, 3.05) is 13.1 Å². The minimum Gasteiger partial charge on any atom is -0.352 e. The molecule has 1 heterocycles. The Morgan fingerprint density at radius 1 is 1.17 bits per heavy atom. The van der Waals surface area contributed by atoms with Crippen LogP contribution >= 0.6 is 12.2 Å². The highest BCUT2D eigenvalue weighted by Gasteiger charge is 2.09. The van der Waals surface area contributed by atoms with E-state index in [1.807, 2.05) is 0 Å². The summed E-state index contributed by atoms with van der Waals surface area (Å²) in [7, 11) is 0. The molecule has 0 saturated heterocycles. The van der Waals surface area contributed by atoms with Crippen molar-refractivity contribution in [1.82, 2.24) is 15.6 Å². The maximum absolute atomic E-state index is 13.4. The van der Waals surface area contributed by atoms with Gasteiger partial charge in [-0.25, -0.2) is 4.39 Å². The number of benzene rings is 1. The fourth-order valence-electron chi connectivity index (χ4n) is 1.88. The monoisotopic (exact) mass is 333 g/mol. The summed E-state index contributed by atoms with van der Waals surface area (Å²) in [5.41, 5.74) is 1.09. The van der Waals surface area contributed by atoms with Crippen LogP contribution in [-0.4, -0.2) is 29.9 Å². The summed E-state index contributed by atoms with van der Waals surface area (Å²) in [6, 6.07) is 7.57. The number of aryl methyl sites for hydroxylation is 1. The summed E-state index contributed by atoms with van der Waals surface area (Å²) in [5.74, 6) is -1.14. The molecule has 0 unspecified atom stereocenters. The molecule has 1 aromatic carbocycles. The van der Waals surface area contributed by atoms with Crippen LogP contribution in [0.5, 0.6) is 0 Å². The molecule has 0 bridgehead atoms. The Morgan fingerprint density at radius 2 is 1.87 bits per heavy atom. The first-order valence-electron chi connectivity index (χ1n) is 6.99. The molecule has 23 heavy (non-hydrogen) atoms. The first kappa shape index (κ1) is 16.8. The van der Waals surface area contributed by atoms with Crippen molar-refractivity contribution in [3.05, 3.63) is 63.7 Å². The van der Waals surface area contributed by atoms with E-state index in [9.17, 15) is 14.0 Å². The molecule has 0 aliphatic carbocycles. The Kier molecular flexibility index (Phi) is 5.59. The van der Waals surface area contributed by atoms with Crippen LogP contribution in [0.25, 0.3) is 0 Å². The van der Waals surface area contributed by atoms with Gasteiger partial charge in [0, 0.05) is 24.8 Å². The second-order valence-electron chi connectivity index (χ2n) is 4.89. The van der Waals surface area contributed by atoms with E-state index in [-0.39, 0.29) is 24.6 Å². The van der Waals surface area contributed by atoms with Crippen molar-refractivity contribution in [2.24, 2.45) is 0 Å². The van der Waals surface area contributed by atoms with Gasteiger partial charge in [-0.05, 0) is 36.8 Å². The average Bonchev–Trinajstić information content (AvgIpc) is 2.54. The minimum absolute atomic E-state index is 0.226. The molecule has 0 saturated carbocycles. The number of hydrogen-bond acceptors (Lipinski definition) is 3. The van der Waals surface area contributed by atoms with E-state index in [0.29, 0.717) is 15.8 Å². The fourth-order valence-corrected chi connectivity index (χ4v) is 2.11. The topological polar surface area (TPSA) is 74.0 Å². The largest absolute Gasteiger partial charge is 0.352 e. The zero-order valence-corrected chi connectivity index (χ0v) is 13.3. The Labute approximate surface area is 137 Å². The van der Waals surface area contributed by atoms with Gasteiger partial charge in [0.2, 0.25) is 0 Å². The predicted octanol–water partition coefficient (Wildman–Crippen LogP) is 2.35. The van der Waals surface area contributed by atoms with Gasteiger partial charge in [-0.3, -0.25) is 9.59 Å². The molecule has 1 aromatic heterocycles. The molecule has 7 heteroatoms. The number of aromatic nitrogens is 1. The van der Waals surface area contributed by atoms with Gasteiger partial charge in [0.1, 0.15) is 10.5 Å². The molecule has 0 atom stereocenters. The van der Waals surface area contributed by atoms with Gasteiger partial charge >= 0.3 is 0 Å². The molecule has 120 valence electrons. The maximum Gasteiger partial charge on any atom is 0.254 e. The molecular weight excluding hydrogens is 317 g/mol. The van der Waals surface area contributed by atoms with Crippen LogP contribution < -0.4 is 10.6 Å². The van der Waals surface area contributed by atoms with Crippen molar-refractivity contribution >= 4 is 24.0 Å². The number of hydrogen-bond donors (Lipinski definition) is 3. The van der Waals surface area contributed by atoms with Gasteiger partial charge in [0.15, 0.2) is 0 Å². The van der Waals surface area contributed by atoms with E-state index in [2.05, 4.69) is 15.6 Å². The lowest BCUT2D eigenvalue weighted by Gasteiger charge is -2.08. The third kappa shape index (κ3) is 4.46. The highest BCUT2D eigenvalue weighted by Crippen LogP contribution is 2.08. The van der Waals surface area contributed by atoms with E-state index in [1.54, 1.807) is 37.4 Å². The van der Waals surface area contributed by atoms with Gasteiger partial charge in [0.25, 0.3) is 11.8 Å². The molecule has 2 amide bonds. The van der Waals surface area contributed by atoms with E-state index < -0.39 is 11.7 Å². The molecule has 5 nitrogen and oxygen atoms in total.